The lowest BCUT2D eigenvalue weighted by Gasteiger charge is -2.23. The fourth-order valence-corrected chi connectivity index (χ4v) is 1.96. The molecule has 1 aromatic heterocycles. The number of aromatic nitrogens is 1. The molecule has 3 N–H and O–H groups in total. The fourth-order valence-electron chi connectivity index (χ4n) is 1.71. The normalized spacial score (nSPS) is 17.7. The van der Waals surface area contributed by atoms with Crippen LogP contribution in [-0.2, 0) is 4.74 Å². The summed E-state index contributed by atoms with van der Waals surface area (Å²) in [5, 5.41) is 11.8. The quantitative estimate of drug-likeness (QED) is 0.375. The van der Waals surface area contributed by atoms with Crippen LogP contribution in [0.25, 0.3) is 0 Å². The first kappa shape index (κ1) is 12.9. The summed E-state index contributed by atoms with van der Waals surface area (Å²) in [5.74, 6) is 0.229. The highest BCUT2D eigenvalue weighted by Gasteiger charge is 2.19. The van der Waals surface area contributed by atoms with Gasteiger partial charge < -0.3 is 20.4 Å². The Hall–Kier alpha value is -1.53. The average Bonchev–Trinajstić information content (AvgIpc) is 2.41. The van der Waals surface area contributed by atoms with Gasteiger partial charge in [0.15, 0.2) is 5.84 Å². The molecular formula is C11H14ClN3O3. The second kappa shape index (κ2) is 5.88. The zero-order chi connectivity index (χ0) is 13.0. The predicted molar refractivity (Wildman–Crippen MR) is 66.2 cm³/mol. The number of ether oxygens (including phenoxy) is 2. The van der Waals surface area contributed by atoms with Crippen molar-refractivity contribution in [1.82, 2.24) is 4.98 Å². The number of nitrogens with zero attached hydrogens (tertiary/aromatic N) is 2. The standard InChI is InChI=1S/C11H14ClN3O3/c12-9-8(10(13)15-16)1-4-14-11(9)18-7-2-5-17-6-3-7/h1,4,7,16H,2-3,5-6H2,(H2,13,15). The minimum atomic E-state index is -0.0702. The maximum absolute atomic E-state index is 8.65. The largest absolute Gasteiger partial charge is 0.473 e. The third kappa shape index (κ3) is 2.83. The molecule has 6 nitrogen and oxygen atoms in total. The van der Waals surface area contributed by atoms with E-state index in [0.29, 0.717) is 24.7 Å². The van der Waals surface area contributed by atoms with Crippen molar-refractivity contribution in [2.75, 3.05) is 13.2 Å². The van der Waals surface area contributed by atoms with Gasteiger partial charge >= 0.3 is 0 Å². The van der Waals surface area contributed by atoms with Crippen LogP contribution in [0.5, 0.6) is 5.88 Å². The lowest BCUT2D eigenvalue weighted by Crippen LogP contribution is -2.26. The molecule has 7 heteroatoms. The highest BCUT2D eigenvalue weighted by Crippen LogP contribution is 2.27. The molecule has 0 bridgehead atoms. The third-order valence-corrected chi connectivity index (χ3v) is 3.05. The number of amidine groups is 1. The molecule has 18 heavy (non-hydrogen) atoms. The first-order valence-electron chi connectivity index (χ1n) is 5.59. The van der Waals surface area contributed by atoms with Crippen molar-refractivity contribution in [1.29, 1.82) is 0 Å². The van der Waals surface area contributed by atoms with E-state index in [0.717, 1.165) is 12.8 Å². The van der Waals surface area contributed by atoms with E-state index in [2.05, 4.69) is 10.1 Å². The van der Waals surface area contributed by atoms with Gasteiger partial charge in [0.1, 0.15) is 11.1 Å². The predicted octanol–water partition coefficient (Wildman–Crippen LogP) is 1.39. The van der Waals surface area contributed by atoms with E-state index in [4.69, 9.17) is 32.0 Å². The number of rotatable bonds is 3. The van der Waals surface area contributed by atoms with E-state index in [9.17, 15) is 0 Å². The Labute approximate surface area is 109 Å². The molecule has 1 fully saturated rings. The van der Waals surface area contributed by atoms with E-state index in [1.54, 1.807) is 6.07 Å². The second-order valence-electron chi connectivity index (χ2n) is 3.89. The number of halogens is 1. The smallest absolute Gasteiger partial charge is 0.233 e. The Morgan fingerprint density at radius 1 is 1.56 bits per heavy atom. The Morgan fingerprint density at radius 3 is 2.94 bits per heavy atom. The van der Waals surface area contributed by atoms with E-state index in [1.807, 2.05) is 0 Å². The molecule has 0 atom stereocenters. The molecule has 0 unspecified atom stereocenters. The zero-order valence-electron chi connectivity index (χ0n) is 9.67. The number of hydrogen-bond acceptors (Lipinski definition) is 5. The molecule has 1 aliphatic rings. The molecule has 2 heterocycles. The molecule has 0 amide bonds. The molecule has 0 aromatic carbocycles. The molecule has 98 valence electrons. The number of pyridine rings is 1. The van der Waals surface area contributed by atoms with E-state index >= 15 is 0 Å². The summed E-state index contributed by atoms with van der Waals surface area (Å²) < 4.78 is 10.9. The van der Waals surface area contributed by atoms with Crippen LogP contribution in [0.2, 0.25) is 5.02 Å². The summed E-state index contributed by atoms with van der Waals surface area (Å²) in [5.41, 5.74) is 5.91. The number of hydrogen-bond donors (Lipinski definition) is 2. The topological polar surface area (TPSA) is 90.0 Å². The average molecular weight is 272 g/mol. The van der Waals surface area contributed by atoms with Crippen LogP contribution in [0, 0.1) is 0 Å². The summed E-state index contributed by atoms with van der Waals surface area (Å²) in [6.45, 7) is 1.34. The van der Waals surface area contributed by atoms with Gasteiger partial charge in [0.05, 0.1) is 13.2 Å². The van der Waals surface area contributed by atoms with E-state index in [-0.39, 0.29) is 17.0 Å². The lowest BCUT2D eigenvalue weighted by atomic mass is 10.1. The molecular weight excluding hydrogens is 258 g/mol. The maximum atomic E-state index is 8.65. The Kier molecular flexibility index (Phi) is 4.22. The summed E-state index contributed by atoms with van der Waals surface area (Å²) in [7, 11) is 0. The summed E-state index contributed by atoms with van der Waals surface area (Å²) in [4.78, 5) is 4.06. The van der Waals surface area contributed by atoms with Crippen molar-refractivity contribution >= 4 is 17.4 Å². The van der Waals surface area contributed by atoms with E-state index < -0.39 is 0 Å². The third-order valence-electron chi connectivity index (χ3n) is 2.69. The molecule has 0 spiro atoms. The van der Waals surface area contributed by atoms with Crippen LogP contribution in [0.4, 0.5) is 0 Å². The van der Waals surface area contributed by atoms with Gasteiger partial charge in [0.25, 0.3) is 0 Å². The molecule has 0 saturated carbocycles. The Morgan fingerprint density at radius 2 is 2.28 bits per heavy atom. The van der Waals surface area contributed by atoms with Crippen LogP contribution in [0.1, 0.15) is 18.4 Å². The van der Waals surface area contributed by atoms with E-state index in [1.165, 1.54) is 6.20 Å². The molecule has 0 radical (unpaired) electrons. The first-order valence-corrected chi connectivity index (χ1v) is 5.97. The highest BCUT2D eigenvalue weighted by molar-refractivity contribution is 6.35. The van der Waals surface area contributed by atoms with Crippen molar-refractivity contribution in [3.8, 4) is 5.88 Å². The van der Waals surface area contributed by atoms with Gasteiger partial charge in [-0.2, -0.15) is 0 Å². The zero-order valence-corrected chi connectivity index (χ0v) is 10.4. The van der Waals surface area contributed by atoms with Crippen LogP contribution in [0.3, 0.4) is 0 Å². The monoisotopic (exact) mass is 271 g/mol. The number of oxime groups is 1. The van der Waals surface area contributed by atoms with Gasteiger partial charge in [-0.3, -0.25) is 0 Å². The van der Waals surface area contributed by atoms with Gasteiger partial charge in [-0.15, -0.1) is 0 Å². The van der Waals surface area contributed by atoms with Gasteiger partial charge in [-0.25, -0.2) is 4.98 Å². The lowest BCUT2D eigenvalue weighted by molar-refractivity contribution is 0.0238. The van der Waals surface area contributed by atoms with Gasteiger partial charge in [0, 0.05) is 24.6 Å². The Balaban J connectivity index is 2.17. The second-order valence-corrected chi connectivity index (χ2v) is 4.27. The summed E-state index contributed by atoms with van der Waals surface area (Å²) in [6, 6.07) is 1.56. The maximum Gasteiger partial charge on any atom is 0.233 e. The number of nitrogens with two attached hydrogens (primary N) is 1. The summed E-state index contributed by atoms with van der Waals surface area (Å²) in [6.07, 6.45) is 3.14. The highest BCUT2D eigenvalue weighted by atomic mass is 35.5. The molecule has 1 saturated heterocycles. The van der Waals surface area contributed by atoms with Crippen LogP contribution >= 0.6 is 11.6 Å². The SMILES string of the molecule is N/C(=N/O)c1ccnc(OC2CCOCC2)c1Cl. The molecule has 1 aliphatic heterocycles. The molecule has 2 rings (SSSR count). The summed E-state index contributed by atoms with van der Waals surface area (Å²) >= 11 is 6.11. The van der Waals surface area contributed by atoms with Gasteiger partial charge in [0.2, 0.25) is 5.88 Å². The van der Waals surface area contributed by atoms with Crippen molar-refractivity contribution in [2.24, 2.45) is 10.9 Å². The van der Waals surface area contributed by atoms with Crippen molar-refractivity contribution in [3.05, 3.63) is 22.8 Å². The van der Waals surface area contributed by atoms with Crippen molar-refractivity contribution in [3.63, 3.8) is 0 Å². The van der Waals surface area contributed by atoms with Gasteiger partial charge in [-0.1, -0.05) is 16.8 Å². The molecule has 0 aliphatic carbocycles. The minimum Gasteiger partial charge on any atom is -0.473 e. The fraction of sp³-hybridized carbons (Fsp3) is 0.455. The van der Waals surface area contributed by atoms with Crippen molar-refractivity contribution in [2.45, 2.75) is 18.9 Å². The molecule has 1 aromatic rings. The first-order chi connectivity index (χ1) is 8.72. The van der Waals surface area contributed by atoms with Crippen LogP contribution in [-0.4, -0.2) is 35.3 Å². The minimum absolute atomic E-state index is 0.0336. The van der Waals surface area contributed by atoms with Gasteiger partial charge in [-0.05, 0) is 6.07 Å². The Bertz CT molecular complexity index is 447. The van der Waals surface area contributed by atoms with Crippen LogP contribution in [0.15, 0.2) is 17.4 Å². The van der Waals surface area contributed by atoms with Crippen molar-refractivity contribution < 1.29 is 14.7 Å². The van der Waals surface area contributed by atoms with Crippen LogP contribution < -0.4 is 10.5 Å².